The van der Waals surface area contributed by atoms with E-state index in [4.69, 9.17) is 14.7 Å². The SMILES string of the molecule is CC1CCCN1c1nc(NCc2ccc(Oc3cnc(C(F)(F)F)nc3)nc2)nc2c1N(C=O)CCC2. The molecule has 10 nitrogen and oxygen atoms in total. The monoisotopic (exact) mass is 514 g/mol. The van der Waals surface area contributed by atoms with Gasteiger partial charge >= 0.3 is 6.18 Å². The first-order chi connectivity index (χ1) is 17.8. The summed E-state index contributed by atoms with van der Waals surface area (Å²) in [5.41, 5.74) is 2.48. The first-order valence-electron chi connectivity index (χ1n) is 12.0. The van der Waals surface area contributed by atoms with Gasteiger partial charge in [-0.25, -0.2) is 19.9 Å². The molecule has 5 heterocycles. The molecule has 1 amide bonds. The molecule has 0 radical (unpaired) electrons. The second kappa shape index (κ2) is 10.1. The van der Waals surface area contributed by atoms with Crippen molar-refractivity contribution in [2.24, 2.45) is 0 Å². The van der Waals surface area contributed by atoms with Crippen LogP contribution in [-0.4, -0.2) is 50.5 Å². The zero-order valence-electron chi connectivity index (χ0n) is 20.1. The zero-order valence-corrected chi connectivity index (χ0v) is 20.1. The van der Waals surface area contributed by atoms with Gasteiger partial charge in [0.15, 0.2) is 11.6 Å². The highest BCUT2D eigenvalue weighted by molar-refractivity contribution is 5.85. The van der Waals surface area contributed by atoms with Crippen molar-refractivity contribution in [2.45, 2.75) is 51.4 Å². The Morgan fingerprint density at radius 2 is 1.92 bits per heavy atom. The lowest BCUT2D eigenvalue weighted by atomic mass is 10.1. The topological polar surface area (TPSA) is 109 Å². The Balaban J connectivity index is 1.28. The number of rotatable bonds is 7. The third-order valence-electron chi connectivity index (χ3n) is 6.34. The summed E-state index contributed by atoms with van der Waals surface area (Å²) in [5.74, 6) is 0.255. The Morgan fingerprint density at radius 1 is 1.11 bits per heavy atom. The molecule has 1 fully saturated rings. The van der Waals surface area contributed by atoms with E-state index in [-0.39, 0.29) is 11.6 Å². The molecule has 13 heteroatoms. The van der Waals surface area contributed by atoms with Crippen molar-refractivity contribution in [1.82, 2.24) is 24.9 Å². The Labute approximate surface area is 210 Å². The maximum atomic E-state index is 12.6. The molecule has 5 rings (SSSR count). The molecule has 1 unspecified atom stereocenters. The van der Waals surface area contributed by atoms with Crippen LogP contribution in [0.15, 0.2) is 30.7 Å². The molecule has 0 aliphatic carbocycles. The number of amides is 1. The second-order valence-electron chi connectivity index (χ2n) is 8.95. The number of carbonyl (C=O) groups is 1. The van der Waals surface area contributed by atoms with E-state index in [1.54, 1.807) is 23.2 Å². The average molecular weight is 515 g/mol. The van der Waals surface area contributed by atoms with Gasteiger partial charge in [-0.15, -0.1) is 0 Å². The summed E-state index contributed by atoms with van der Waals surface area (Å²) >= 11 is 0. The number of aryl methyl sites for hydroxylation is 1. The minimum Gasteiger partial charge on any atom is -0.436 e. The molecule has 2 aliphatic heterocycles. The Kier molecular flexibility index (Phi) is 6.76. The van der Waals surface area contributed by atoms with Gasteiger partial charge in [0.25, 0.3) is 0 Å². The van der Waals surface area contributed by atoms with Gasteiger partial charge in [0, 0.05) is 37.9 Å². The summed E-state index contributed by atoms with van der Waals surface area (Å²) in [5, 5.41) is 3.25. The average Bonchev–Trinajstić information content (AvgIpc) is 3.32. The van der Waals surface area contributed by atoms with Crippen molar-refractivity contribution in [2.75, 3.05) is 28.2 Å². The highest BCUT2D eigenvalue weighted by Crippen LogP contribution is 2.38. The normalized spacial score (nSPS) is 17.5. The number of nitrogens with zero attached hydrogens (tertiary/aromatic N) is 7. The number of nitrogens with one attached hydrogen (secondary N) is 1. The van der Waals surface area contributed by atoms with Crippen molar-refractivity contribution in [3.8, 4) is 11.6 Å². The van der Waals surface area contributed by atoms with Crippen LogP contribution in [-0.2, 0) is 23.9 Å². The lowest BCUT2D eigenvalue weighted by Gasteiger charge is -2.32. The predicted octanol–water partition coefficient (Wildman–Crippen LogP) is 3.98. The van der Waals surface area contributed by atoms with Gasteiger partial charge in [-0.05, 0) is 38.2 Å². The van der Waals surface area contributed by atoms with Gasteiger partial charge < -0.3 is 19.9 Å². The van der Waals surface area contributed by atoms with E-state index in [1.807, 2.05) is 0 Å². The number of carbonyl (C=O) groups excluding carboxylic acids is 1. The Hall–Kier alpha value is -4.03. The van der Waals surface area contributed by atoms with E-state index in [0.29, 0.717) is 25.1 Å². The number of hydrogen-bond acceptors (Lipinski definition) is 9. The van der Waals surface area contributed by atoms with Crippen LogP contribution >= 0.6 is 0 Å². The van der Waals surface area contributed by atoms with E-state index in [9.17, 15) is 18.0 Å². The second-order valence-corrected chi connectivity index (χ2v) is 8.95. The Bertz CT molecular complexity index is 1250. The lowest BCUT2D eigenvalue weighted by Crippen LogP contribution is -2.35. The van der Waals surface area contributed by atoms with Crippen molar-refractivity contribution >= 4 is 23.9 Å². The van der Waals surface area contributed by atoms with Crippen molar-refractivity contribution in [3.63, 3.8) is 0 Å². The number of aromatic nitrogens is 5. The van der Waals surface area contributed by atoms with Crippen LogP contribution in [0.1, 0.15) is 43.3 Å². The number of fused-ring (bicyclic) bond motifs is 1. The van der Waals surface area contributed by atoms with Gasteiger partial charge in [-0.3, -0.25) is 4.79 Å². The van der Waals surface area contributed by atoms with Crippen LogP contribution in [0.25, 0.3) is 0 Å². The van der Waals surface area contributed by atoms with Crippen LogP contribution in [0.2, 0.25) is 0 Å². The molecule has 0 spiro atoms. The highest BCUT2D eigenvalue weighted by Gasteiger charge is 2.34. The van der Waals surface area contributed by atoms with Crippen molar-refractivity contribution in [1.29, 1.82) is 0 Å². The molecule has 37 heavy (non-hydrogen) atoms. The minimum atomic E-state index is -4.62. The van der Waals surface area contributed by atoms with Crippen molar-refractivity contribution in [3.05, 3.63) is 47.8 Å². The molecule has 3 aromatic heterocycles. The molecule has 2 aliphatic rings. The van der Waals surface area contributed by atoms with Crippen LogP contribution < -0.4 is 19.9 Å². The standard InChI is InChI=1S/C24H25F3N8O2/c1-15-4-2-9-35(15)21-20-18(5-3-8-34(20)14-36)32-23(33-21)31-11-16-6-7-19(28-10-16)37-17-12-29-22(30-13-17)24(25,26)27/h6-7,10,12-15H,2-5,8-9,11H2,1H3,(H,31,32,33). The summed E-state index contributed by atoms with van der Waals surface area (Å²) in [4.78, 5) is 35.9. The number of hydrogen-bond donors (Lipinski definition) is 1. The van der Waals surface area contributed by atoms with Gasteiger partial charge in [0.1, 0.15) is 5.69 Å². The van der Waals surface area contributed by atoms with Crippen LogP contribution in [0.5, 0.6) is 11.6 Å². The van der Waals surface area contributed by atoms with E-state index in [1.165, 1.54) is 0 Å². The number of anilines is 3. The molecule has 194 valence electrons. The number of ether oxygens (including phenoxy) is 1. The molecule has 3 aromatic rings. The van der Waals surface area contributed by atoms with Gasteiger partial charge in [-0.1, -0.05) is 6.07 Å². The summed E-state index contributed by atoms with van der Waals surface area (Å²) < 4.78 is 43.3. The van der Waals surface area contributed by atoms with Gasteiger partial charge in [0.05, 0.1) is 18.1 Å². The van der Waals surface area contributed by atoms with E-state index in [2.05, 4.69) is 32.1 Å². The first-order valence-corrected chi connectivity index (χ1v) is 12.0. The predicted molar refractivity (Wildman–Crippen MR) is 128 cm³/mol. The molecule has 1 saturated heterocycles. The van der Waals surface area contributed by atoms with E-state index in [0.717, 1.165) is 73.8 Å². The molecular weight excluding hydrogens is 489 g/mol. The fraction of sp³-hybridized carbons (Fsp3) is 0.417. The zero-order chi connectivity index (χ0) is 26.0. The van der Waals surface area contributed by atoms with Crippen LogP contribution in [0.3, 0.4) is 0 Å². The summed E-state index contributed by atoms with van der Waals surface area (Å²) in [6.07, 6.45) is 3.47. The molecule has 1 N–H and O–H groups in total. The summed E-state index contributed by atoms with van der Waals surface area (Å²) in [6.45, 7) is 4.09. The summed E-state index contributed by atoms with van der Waals surface area (Å²) in [7, 11) is 0. The fourth-order valence-electron chi connectivity index (χ4n) is 4.51. The maximum absolute atomic E-state index is 12.6. The van der Waals surface area contributed by atoms with E-state index < -0.39 is 12.0 Å². The highest BCUT2D eigenvalue weighted by atomic mass is 19.4. The number of pyridine rings is 1. The molecular formula is C24H25F3N8O2. The third-order valence-corrected chi connectivity index (χ3v) is 6.34. The lowest BCUT2D eigenvalue weighted by molar-refractivity contribution is -0.145. The Morgan fingerprint density at radius 3 is 2.57 bits per heavy atom. The molecule has 0 aromatic carbocycles. The quantitative estimate of drug-likeness (QED) is 0.468. The van der Waals surface area contributed by atoms with Crippen molar-refractivity contribution < 1.29 is 22.7 Å². The minimum absolute atomic E-state index is 0.0434. The maximum Gasteiger partial charge on any atom is 0.451 e. The summed E-state index contributed by atoms with van der Waals surface area (Å²) in [6, 6.07) is 3.70. The fourth-order valence-corrected chi connectivity index (χ4v) is 4.51. The van der Waals surface area contributed by atoms with Gasteiger partial charge in [-0.2, -0.15) is 18.2 Å². The first kappa shape index (κ1) is 24.7. The van der Waals surface area contributed by atoms with Crippen LogP contribution in [0.4, 0.5) is 30.6 Å². The van der Waals surface area contributed by atoms with Gasteiger partial charge in [0.2, 0.25) is 24.1 Å². The number of halogens is 3. The third kappa shape index (κ3) is 5.39. The molecule has 0 bridgehead atoms. The number of alkyl halides is 3. The smallest absolute Gasteiger partial charge is 0.436 e. The largest absolute Gasteiger partial charge is 0.451 e. The van der Waals surface area contributed by atoms with Crippen LogP contribution in [0, 0.1) is 0 Å². The molecule has 1 atom stereocenters. The van der Waals surface area contributed by atoms with E-state index >= 15 is 0 Å². The molecule has 0 saturated carbocycles.